The van der Waals surface area contributed by atoms with Crippen LogP contribution in [0.4, 0.5) is 5.69 Å². The summed E-state index contributed by atoms with van der Waals surface area (Å²) in [4.78, 5) is 2.40. The summed E-state index contributed by atoms with van der Waals surface area (Å²) in [6.07, 6.45) is 0. The van der Waals surface area contributed by atoms with Crippen LogP contribution in [0.15, 0.2) is 24.3 Å². The summed E-state index contributed by atoms with van der Waals surface area (Å²) in [5.41, 5.74) is 2.61. The van der Waals surface area contributed by atoms with E-state index in [1.54, 1.807) is 7.11 Å². The maximum atomic E-state index is 5.21. The fourth-order valence-electron chi connectivity index (χ4n) is 2.11. The van der Waals surface area contributed by atoms with Crippen LogP contribution in [0.1, 0.15) is 33.3 Å². The number of ether oxygens (including phenoxy) is 1. The van der Waals surface area contributed by atoms with Gasteiger partial charge < -0.3 is 15.0 Å². The molecule has 0 aliphatic carbocycles. The van der Waals surface area contributed by atoms with Gasteiger partial charge in [-0.05, 0) is 23.6 Å². The molecule has 0 unspecified atom stereocenters. The Balaban J connectivity index is 2.66. The molecule has 0 spiro atoms. The largest absolute Gasteiger partial charge is 0.383 e. The summed E-state index contributed by atoms with van der Waals surface area (Å²) in [6, 6.07) is 9.38. The van der Waals surface area contributed by atoms with E-state index in [0.29, 0.717) is 12.0 Å². The monoisotopic (exact) mass is 278 g/mol. The normalized spacial score (nSPS) is 11.3. The van der Waals surface area contributed by atoms with E-state index >= 15 is 0 Å². The third-order valence-electron chi connectivity index (χ3n) is 3.17. The Morgan fingerprint density at radius 1 is 1.10 bits per heavy atom. The zero-order valence-electron chi connectivity index (χ0n) is 13.6. The van der Waals surface area contributed by atoms with Crippen molar-refractivity contribution in [2.24, 2.45) is 5.92 Å². The van der Waals surface area contributed by atoms with Crippen molar-refractivity contribution in [2.45, 2.75) is 40.3 Å². The lowest BCUT2D eigenvalue weighted by Gasteiger charge is -2.26. The Morgan fingerprint density at radius 3 is 2.25 bits per heavy atom. The van der Waals surface area contributed by atoms with Gasteiger partial charge in [0, 0.05) is 38.5 Å². The molecule has 1 N–H and O–H groups in total. The van der Waals surface area contributed by atoms with E-state index in [4.69, 9.17) is 4.74 Å². The number of methoxy groups -OCH3 is 1. The van der Waals surface area contributed by atoms with Gasteiger partial charge in [-0.25, -0.2) is 0 Å². The van der Waals surface area contributed by atoms with Crippen LogP contribution in [0.5, 0.6) is 0 Å². The third-order valence-corrected chi connectivity index (χ3v) is 3.17. The number of hydrogen-bond acceptors (Lipinski definition) is 3. The van der Waals surface area contributed by atoms with Gasteiger partial charge in [0.2, 0.25) is 0 Å². The maximum Gasteiger partial charge on any atom is 0.0637 e. The number of anilines is 1. The van der Waals surface area contributed by atoms with Gasteiger partial charge >= 0.3 is 0 Å². The number of nitrogens with one attached hydrogen (secondary N) is 1. The van der Waals surface area contributed by atoms with Gasteiger partial charge in [-0.2, -0.15) is 0 Å². The molecule has 0 fully saturated rings. The predicted octanol–water partition coefficient (Wildman–Crippen LogP) is 3.29. The van der Waals surface area contributed by atoms with E-state index in [9.17, 15) is 0 Å². The predicted molar refractivity (Wildman–Crippen MR) is 87.3 cm³/mol. The SMILES string of the molecule is COCCN(CC(C)C)c1ccc(CNC(C)C)cc1. The molecule has 0 aromatic heterocycles. The maximum absolute atomic E-state index is 5.21. The number of nitrogens with zero attached hydrogens (tertiary/aromatic N) is 1. The van der Waals surface area contributed by atoms with Crippen LogP contribution in [0, 0.1) is 5.92 Å². The summed E-state index contributed by atoms with van der Waals surface area (Å²) in [5.74, 6) is 0.647. The molecule has 0 radical (unpaired) electrons. The number of benzene rings is 1. The van der Waals surface area contributed by atoms with E-state index < -0.39 is 0 Å². The minimum absolute atomic E-state index is 0.522. The Hall–Kier alpha value is -1.06. The molecule has 0 aliphatic heterocycles. The molecule has 0 aliphatic rings. The first-order valence-electron chi connectivity index (χ1n) is 7.59. The van der Waals surface area contributed by atoms with Crippen LogP contribution >= 0.6 is 0 Å². The van der Waals surface area contributed by atoms with E-state index in [1.165, 1.54) is 11.3 Å². The highest BCUT2D eigenvalue weighted by atomic mass is 16.5. The van der Waals surface area contributed by atoms with Crippen molar-refractivity contribution in [3.8, 4) is 0 Å². The van der Waals surface area contributed by atoms with Crippen LogP contribution in [0.25, 0.3) is 0 Å². The van der Waals surface area contributed by atoms with Crippen LogP contribution in [0.2, 0.25) is 0 Å². The van der Waals surface area contributed by atoms with Crippen molar-refractivity contribution in [1.29, 1.82) is 0 Å². The summed E-state index contributed by atoms with van der Waals surface area (Å²) in [6.45, 7) is 12.5. The van der Waals surface area contributed by atoms with E-state index in [2.05, 4.69) is 62.2 Å². The second-order valence-corrected chi connectivity index (χ2v) is 6.03. The van der Waals surface area contributed by atoms with Gasteiger partial charge in [-0.1, -0.05) is 39.8 Å². The van der Waals surface area contributed by atoms with Crippen LogP contribution in [0.3, 0.4) is 0 Å². The number of hydrogen-bond donors (Lipinski definition) is 1. The molecule has 0 atom stereocenters. The molecular weight excluding hydrogens is 248 g/mol. The molecule has 1 aromatic rings. The van der Waals surface area contributed by atoms with Gasteiger partial charge in [-0.3, -0.25) is 0 Å². The van der Waals surface area contributed by atoms with Gasteiger partial charge in [0.05, 0.1) is 6.61 Å². The third kappa shape index (κ3) is 6.40. The van der Waals surface area contributed by atoms with E-state index in [0.717, 1.165) is 26.2 Å². The summed E-state index contributed by atoms with van der Waals surface area (Å²) >= 11 is 0. The second kappa shape index (κ2) is 8.98. The highest BCUT2D eigenvalue weighted by Gasteiger charge is 2.08. The van der Waals surface area contributed by atoms with Gasteiger partial charge in [0.25, 0.3) is 0 Å². The smallest absolute Gasteiger partial charge is 0.0637 e. The Bertz CT molecular complexity index is 360. The van der Waals surface area contributed by atoms with Gasteiger partial charge in [0.15, 0.2) is 0 Å². The average Bonchev–Trinajstić information content (AvgIpc) is 2.41. The second-order valence-electron chi connectivity index (χ2n) is 6.03. The minimum atomic E-state index is 0.522. The van der Waals surface area contributed by atoms with Crippen molar-refractivity contribution in [3.63, 3.8) is 0 Å². The quantitative estimate of drug-likeness (QED) is 0.750. The number of rotatable bonds is 9. The summed E-state index contributed by atoms with van der Waals surface area (Å²) in [5, 5.41) is 3.44. The standard InChI is InChI=1S/C17H30N2O/c1-14(2)13-19(10-11-20-5)17-8-6-16(7-9-17)12-18-15(3)4/h6-9,14-15,18H,10-13H2,1-5H3. The fraction of sp³-hybridized carbons (Fsp3) is 0.647. The first-order chi connectivity index (χ1) is 9.52. The van der Waals surface area contributed by atoms with Crippen LogP contribution in [-0.4, -0.2) is 32.8 Å². The topological polar surface area (TPSA) is 24.5 Å². The van der Waals surface area contributed by atoms with Gasteiger partial charge in [0.1, 0.15) is 0 Å². The van der Waals surface area contributed by atoms with E-state index in [-0.39, 0.29) is 0 Å². The molecule has 0 saturated carbocycles. The van der Waals surface area contributed by atoms with Crippen LogP contribution in [-0.2, 0) is 11.3 Å². The van der Waals surface area contributed by atoms with Gasteiger partial charge in [-0.15, -0.1) is 0 Å². The average molecular weight is 278 g/mol. The Labute approximate surface area is 124 Å². The molecule has 114 valence electrons. The lowest BCUT2D eigenvalue weighted by atomic mass is 10.1. The molecule has 0 heterocycles. The van der Waals surface area contributed by atoms with Crippen molar-refractivity contribution in [2.75, 3.05) is 31.7 Å². The fourth-order valence-corrected chi connectivity index (χ4v) is 2.11. The van der Waals surface area contributed by atoms with E-state index in [1.807, 2.05) is 0 Å². The molecular formula is C17H30N2O. The highest BCUT2D eigenvalue weighted by Crippen LogP contribution is 2.17. The lowest BCUT2D eigenvalue weighted by molar-refractivity contribution is 0.204. The summed E-state index contributed by atoms with van der Waals surface area (Å²) in [7, 11) is 1.76. The molecule has 1 rings (SSSR count). The molecule has 0 saturated heterocycles. The van der Waals surface area contributed by atoms with Crippen molar-refractivity contribution < 1.29 is 4.74 Å². The zero-order chi connectivity index (χ0) is 15.0. The van der Waals surface area contributed by atoms with Crippen molar-refractivity contribution in [1.82, 2.24) is 5.32 Å². The van der Waals surface area contributed by atoms with Crippen molar-refractivity contribution in [3.05, 3.63) is 29.8 Å². The Morgan fingerprint density at radius 2 is 1.75 bits per heavy atom. The minimum Gasteiger partial charge on any atom is -0.383 e. The molecule has 20 heavy (non-hydrogen) atoms. The molecule has 3 nitrogen and oxygen atoms in total. The first kappa shape index (κ1) is 17.0. The lowest BCUT2D eigenvalue weighted by Crippen LogP contribution is -2.31. The Kier molecular flexibility index (Phi) is 7.63. The summed E-state index contributed by atoms with van der Waals surface area (Å²) < 4.78 is 5.21. The zero-order valence-corrected chi connectivity index (χ0v) is 13.6. The molecule has 0 amide bonds. The highest BCUT2D eigenvalue weighted by molar-refractivity contribution is 5.47. The molecule has 1 aromatic carbocycles. The first-order valence-corrected chi connectivity index (χ1v) is 7.59. The molecule has 0 bridgehead atoms. The molecule has 3 heteroatoms. The van der Waals surface area contributed by atoms with Crippen molar-refractivity contribution >= 4 is 5.69 Å². The van der Waals surface area contributed by atoms with Crippen LogP contribution < -0.4 is 10.2 Å².